The van der Waals surface area contributed by atoms with Crippen LogP contribution in [0.4, 0.5) is 0 Å². The highest BCUT2D eigenvalue weighted by atomic mass is 16.5. The maximum absolute atomic E-state index is 12.7. The van der Waals surface area contributed by atoms with Crippen LogP contribution in [0, 0.1) is 0 Å². The lowest BCUT2D eigenvalue weighted by Crippen LogP contribution is -2.52. The molecule has 1 aliphatic heterocycles. The van der Waals surface area contributed by atoms with Crippen LogP contribution in [-0.2, 0) is 22.2 Å². The summed E-state index contributed by atoms with van der Waals surface area (Å²) in [6, 6.07) is 8.80. The topological polar surface area (TPSA) is 73.4 Å². The second-order valence-electron chi connectivity index (χ2n) is 6.13. The van der Waals surface area contributed by atoms with Gasteiger partial charge in [-0.25, -0.2) is 0 Å². The lowest BCUT2D eigenvalue weighted by molar-refractivity contribution is -0.151. The number of morpholine rings is 1. The van der Waals surface area contributed by atoms with E-state index < -0.39 is 11.6 Å². The summed E-state index contributed by atoms with van der Waals surface area (Å²) in [5.41, 5.74) is 7.38. The summed E-state index contributed by atoms with van der Waals surface area (Å²) in [4.78, 5) is 14.5. The number of aryl methyl sites for hydroxylation is 1. The molecule has 0 aliphatic carbocycles. The minimum atomic E-state index is -0.646. The molecule has 2 atom stereocenters. The van der Waals surface area contributed by atoms with Gasteiger partial charge in [-0.15, -0.1) is 0 Å². The third-order valence-corrected chi connectivity index (χ3v) is 4.33. The Balaban J connectivity index is 1.77. The van der Waals surface area contributed by atoms with Crippen molar-refractivity contribution in [2.24, 2.45) is 12.8 Å². The van der Waals surface area contributed by atoms with Crippen molar-refractivity contribution in [1.29, 1.82) is 0 Å². The number of benzene rings is 1. The van der Waals surface area contributed by atoms with Gasteiger partial charge in [-0.2, -0.15) is 5.10 Å². The SMILES string of the molecule is Cn1cc([C@@]2(C)CN(C(=O)[C@H](N)c3ccccc3)CCO2)cn1. The van der Waals surface area contributed by atoms with Crippen LogP contribution in [0.2, 0.25) is 0 Å². The zero-order valence-corrected chi connectivity index (χ0v) is 13.5. The number of amides is 1. The molecule has 1 aromatic heterocycles. The highest BCUT2D eigenvalue weighted by Gasteiger charge is 2.38. The molecule has 0 bridgehead atoms. The first-order valence-corrected chi connectivity index (χ1v) is 7.72. The molecule has 1 saturated heterocycles. The molecule has 3 rings (SSSR count). The first-order chi connectivity index (χ1) is 11.0. The van der Waals surface area contributed by atoms with Gasteiger partial charge in [0.1, 0.15) is 11.6 Å². The van der Waals surface area contributed by atoms with Gasteiger partial charge in [0.25, 0.3) is 0 Å². The van der Waals surface area contributed by atoms with Crippen LogP contribution in [-0.4, -0.2) is 40.3 Å². The highest BCUT2D eigenvalue weighted by molar-refractivity contribution is 5.83. The Labute approximate surface area is 135 Å². The van der Waals surface area contributed by atoms with Gasteiger partial charge in [-0.3, -0.25) is 9.48 Å². The monoisotopic (exact) mass is 314 g/mol. The number of nitrogens with two attached hydrogens (primary N) is 1. The maximum Gasteiger partial charge on any atom is 0.244 e. The fourth-order valence-electron chi connectivity index (χ4n) is 2.93. The Bertz CT molecular complexity index is 685. The molecule has 122 valence electrons. The third kappa shape index (κ3) is 3.13. The van der Waals surface area contributed by atoms with Crippen LogP contribution in [0.5, 0.6) is 0 Å². The molecule has 1 aliphatic rings. The third-order valence-electron chi connectivity index (χ3n) is 4.33. The molecule has 2 aromatic rings. The van der Waals surface area contributed by atoms with Crippen LogP contribution in [0.3, 0.4) is 0 Å². The number of nitrogens with zero attached hydrogens (tertiary/aromatic N) is 3. The summed E-state index contributed by atoms with van der Waals surface area (Å²) in [5, 5.41) is 4.20. The average Bonchev–Trinajstić information content (AvgIpc) is 3.02. The van der Waals surface area contributed by atoms with Gasteiger partial charge < -0.3 is 15.4 Å². The van der Waals surface area contributed by atoms with Crippen LogP contribution in [0.1, 0.15) is 24.1 Å². The average molecular weight is 314 g/mol. The number of hydrogen-bond acceptors (Lipinski definition) is 4. The van der Waals surface area contributed by atoms with Crippen LogP contribution in [0.25, 0.3) is 0 Å². The molecule has 23 heavy (non-hydrogen) atoms. The summed E-state index contributed by atoms with van der Waals surface area (Å²) in [6.45, 7) is 3.49. The van der Waals surface area contributed by atoms with E-state index in [4.69, 9.17) is 10.5 Å². The smallest absolute Gasteiger partial charge is 0.244 e. The predicted octanol–water partition coefficient (Wildman–Crippen LogP) is 1.19. The summed E-state index contributed by atoms with van der Waals surface area (Å²) in [7, 11) is 1.87. The van der Waals surface area contributed by atoms with Crippen molar-refractivity contribution in [2.45, 2.75) is 18.6 Å². The number of hydrogen-bond donors (Lipinski definition) is 1. The van der Waals surface area contributed by atoms with Gasteiger partial charge >= 0.3 is 0 Å². The van der Waals surface area contributed by atoms with Gasteiger partial charge in [0.05, 0.1) is 19.3 Å². The van der Waals surface area contributed by atoms with Gasteiger partial charge in [0.15, 0.2) is 0 Å². The Morgan fingerprint density at radius 1 is 1.39 bits per heavy atom. The molecule has 1 aromatic carbocycles. The number of carbonyl (C=O) groups is 1. The molecule has 0 unspecified atom stereocenters. The molecule has 1 fully saturated rings. The molecule has 1 amide bonds. The van der Waals surface area contributed by atoms with Crippen molar-refractivity contribution in [1.82, 2.24) is 14.7 Å². The summed E-state index contributed by atoms with van der Waals surface area (Å²) >= 11 is 0. The largest absolute Gasteiger partial charge is 0.367 e. The van der Waals surface area contributed by atoms with E-state index in [0.29, 0.717) is 19.7 Å². The van der Waals surface area contributed by atoms with E-state index in [1.165, 1.54) is 0 Å². The minimum Gasteiger partial charge on any atom is -0.367 e. The van der Waals surface area contributed by atoms with E-state index in [-0.39, 0.29) is 5.91 Å². The van der Waals surface area contributed by atoms with Crippen molar-refractivity contribution >= 4 is 5.91 Å². The molecule has 6 nitrogen and oxygen atoms in total. The quantitative estimate of drug-likeness (QED) is 0.924. The number of aromatic nitrogens is 2. The van der Waals surface area contributed by atoms with Crippen LogP contribution < -0.4 is 5.73 Å². The van der Waals surface area contributed by atoms with Gasteiger partial charge in [0, 0.05) is 25.4 Å². The van der Waals surface area contributed by atoms with E-state index in [0.717, 1.165) is 11.1 Å². The predicted molar refractivity (Wildman–Crippen MR) is 86.5 cm³/mol. The molecule has 6 heteroatoms. The van der Waals surface area contributed by atoms with Crippen molar-refractivity contribution in [3.8, 4) is 0 Å². The van der Waals surface area contributed by atoms with Gasteiger partial charge in [-0.1, -0.05) is 30.3 Å². The molecule has 2 N–H and O–H groups in total. The van der Waals surface area contributed by atoms with Crippen LogP contribution in [0.15, 0.2) is 42.7 Å². The van der Waals surface area contributed by atoms with Crippen molar-refractivity contribution < 1.29 is 9.53 Å². The second kappa shape index (κ2) is 6.14. The fourth-order valence-corrected chi connectivity index (χ4v) is 2.93. The lowest BCUT2D eigenvalue weighted by Gasteiger charge is -2.40. The van der Waals surface area contributed by atoms with E-state index in [1.807, 2.05) is 50.5 Å². The minimum absolute atomic E-state index is 0.0744. The van der Waals surface area contributed by atoms with E-state index in [9.17, 15) is 4.79 Å². The van der Waals surface area contributed by atoms with Crippen molar-refractivity contribution in [3.63, 3.8) is 0 Å². The summed E-state index contributed by atoms with van der Waals surface area (Å²) in [6.07, 6.45) is 3.70. The lowest BCUT2D eigenvalue weighted by atomic mass is 9.96. The Hall–Kier alpha value is -2.18. The molecular weight excluding hydrogens is 292 g/mol. The van der Waals surface area contributed by atoms with Gasteiger partial charge in [-0.05, 0) is 12.5 Å². The maximum atomic E-state index is 12.7. The van der Waals surface area contributed by atoms with Crippen LogP contribution >= 0.6 is 0 Å². The molecule has 0 radical (unpaired) electrons. The summed E-state index contributed by atoms with van der Waals surface area (Å²) in [5.74, 6) is -0.0744. The Kier molecular flexibility index (Phi) is 4.19. The normalized spacial score (nSPS) is 22.8. The van der Waals surface area contributed by atoms with E-state index in [1.54, 1.807) is 15.8 Å². The van der Waals surface area contributed by atoms with E-state index in [2.05, 4.69) is 5.10 Å². The molecule has 2 heterocycles. The Morgan fingerprint density at radius 3 is 2.78 bits per heavy atom. The fraction of sp³-hybridized carbons (Fsp3) is 0.412. The van der Waals surface area contributed by atoms with Gasteiger partial charge in [0.2, 0.25) is 5.91 Å². The first kappa shape index (κ1) is 15.7. The molecular formula is C17H22N4O2. The van der Waals surface area contributed by atoms with E-state index >= 15 is 0 Å². The first-order valence-electron chi connectivity index (χ1n) is 7.72. The number of carbonyl (C=O) groups excluding carboxylic acids is 1. The zero-order valence-electron chi connectivity index (χ0n) is 13.5. The Morgan fingerprint density at radius 2 is 2.13 bits per heavy atom. The zero-order chi connectivity index (χ0) is 16.4. The number of rotatable bonds is 3. The van der Waals surface area contributed by atoms with Crippen molar-refractivity contribution in [2.75, 3.05) is 19.7 Å². The number of ether oxygens (including phenoxy) is 1. The molecule has 0 spiro atoms. The standard InChI is InChI=1S/C17H22N4O2/c1-17(14-10-19-20(2)11-14)12-21(8-9-23-17)16(22)15(18)13-6-4-3-5-7-13/h3-7,10-11,15H,8-9,12,18H2,1-2H3/t15-,17-/m1/s1. The van der Waals surface area contributed by atoms with Crippen molar-refractivity contribution in [3.05, 3.63) is 53.9 Å². The highest BCUT2D eigenvalue weighted by Crippen LogP contribution is 2.30. The summed E-state index contributed by atoms with van der Waals surface area (Å²) < 4.78 is 7.68. The second-order valence-corrected chi connectivity index (χ2v) is 6.13. The molecule has 0 saturated carbocycles.